The predicted octanol–water partition coefficient (Wildman–Crippen LogP) is 0.745. The maximum Gasteiger partial charge on any atom is 0.128 e. The van der Waals surface area contributed by atoms with Crippen molar-refractivity contribution in [3.63, 3.8) is 0 Å². The van der Waals surface area contributed by atoms with Crippen LogP contribution in [0.15, 0.2) is 18.2 Å². The van der Waals surface area contributed by atoms with Crippen molar-refractivity contribution in [2.24, 2.45) is 0 Å². The van der Waals surface area contributed by atoms with E-state index in [2.05, 4.69) is 12.2 Å². The van der Waals surface area contributed by atoms with Crippen LogP contribution in [0.3, 0.4) is 0 Å². The second-order valence-corrected chi connectivity index (χ2v) is 3.78. The van der Waals surface area contributed by atoms with Crippen molar-refractivity contribution in [1.82, 2.24) is 5.32 Å². The molecule has 0 amide bonds. The fraction of sp³-hybridized carbons (Fsp3) is 0.500. The molecule has 1 rings (SSSR count). The van der Waals surface area contributed by atoms with Crippen LogP contribution in [0.2, 0.25) is 0 Å². The summed E-state index contributed by atoms with van der Waals surface area (Å²) in [7, 11) is 0. The zero-order chi connectivity index (χ0) is 12.0. The molecule has 4 N–H and O–H groups in total. The molecule has 1 aromatic rings. The van der Waals surface area contributed by atoms with Crippen LogP contribution < -0.4 is 5.32 Å². The van der Waals surface area contributed by atoms with Gasteiger partial charge in [-0.3, -0.25) is 5.32 Å². The number of hydrogen-bond acceptors (Lipinski definition) is 4. The SMILES string of the molecule is CCCc1ccc(O)cc1CNC(O)CO. The van der Waals surface area contributed by atoms with Crippen molar-refractivity contribution in [2.75, 3.05) is 6.61 Å². The lowest BCUT2D eigenvalue weighted by Gasteiger charge is -2.13. The van der Waals surface area contributed by atoms with Gasteiger partial charge in [0, 0.05) is 6.54 Å². The molecule has 0 saturated heterocycles. The molecule has 4 nitrogen and oxygen atoms in total. The standard InChI is InChI=1S/C12H19NO3/c1-2-3-9-4-5-11(15)6-10(9)7-13-12(16)8-14/h4-6,12-16H,2-3,7-8H2,1H3. The Labute approximate surface area is 95.6 Å². The lowest BCUT2D eigenvalue weighted by Crippen LogP contribution is -2.31. The van der Waals surface area contributed by atoms with E-state index < -0.39 is 6.23 Å². The lowest BCUT2D eigenvalue weighted by atomic mass is 10.0. The third-order valence-corrected chi connectivity index (χ3v) is 2.41. The van der Waals surface area contributed by atoms with Gasteiger partial charge >= 0.3 is 0 Å². The second kappa shape index (κ2) is 6.48. The van der Waals surface area contributed by atoms with Gasteiger partial charge in [-0.1, -0.05) is 19.4 Å². The van der Waals surface area contributed by atoms with E-state index in [0.29, 0.717) is 6.54 Å². The molecule has 4 heteroatoms. The smallest absolute Gasteiger partial charge is 0.128 e. The Balaban J connectivity index is 2.71. The highest BCUT2D eigenvalue weighted by Crippen LogP contribution is 2.18. The molecule has 1 unspecified atom stereocenters. The van der Waals surface area contributed by atoms with Crippen LogP contribution in [-0.4, -0.2) is 28.2 Å². The van der Waals surface area contributed by atoms with E-state index in [1.165, 1.54) is 0 Å². The van der Waals surface area contributed by atoms with Crippen molar-refractivity contribution in [1.29, 1.82) is 0 Å². The van der Waals surface area contributed by atoms with E-state index in [1.807, 2.05) is 6.07 Å². The Morgan fingerprint density at radius 3 is 2.69 bits per heavy atom. The Hall–Kier alpha value is -1.10. The fourth-order valence-electron chi connectivity index (χ4n) is 1.58. The summed E-state index contributed by atoms with van der Waals surface area (Å²) in [6.07, 6.45) is 1.05. The molecular formula is C12H19NO3. The van der Waals surface area contributed by atoms with Crippen molar-refractivity contribution in [3.8, 4) is 5.75 Å². The summed E-state index contributed by atoms with van der Waals surface area (Å²) in [6.45, 7) is 2.21. The number of aryl methyl sites for hydroxylation is 1. The molecule has 0 spiro atoms. The van der Waals surface area contributed by atoms with E-state index in [0.717, 1.165) is 24.0 Å². The molecule has 90 valence electrons. The number of phenols is 1. The normalized spacial score (nSPS) is 12.7. The topological polar surface area (TPSA) is 72.7 Å². The Morgan fingerprint density at radius 2 is 2.06 bits per heavy atom. The molecule has 0 aliphatic carbocycles. The number of aliphatic hydroxyl groups excluding tert-OH is 2. The van der Waals surface area contributed by atoms with Gasteiger partial charge in [-0.25, -0.2) is 0 Å². The highest BCUT2D eigenvalue weighted by molar-refractivity contribution is 5.35. The van der Waals surface area contributed by atoms with Crippen molar-refractivity contribution in [3.05, 3.63) is 29.3 Å². The Morgan fingerprint density at radius 1 is 1.31 bits per heavy atom. The summed E-state index contributed by atoms with van der Waals surface area (Å²) in [6, 6.07) is 5.24. The van der Waals surface area contributed by atoms with Crippen molar-refractivity contribution >= 4 is 0 Å². The van der Waals surface area contributed by atoms with Crippen LogP contribution in [0, 0.1) is 0 Å². The van der Waals surface area contributed by atoms with Crippen LogP contribution in [0.5, 0.6) is 5.75 Å². The second-order valence-electron chi connectivity index (χ2n) is 3.78. The summed E-state index contributed by atoms with van der Waals surface area (Å²) in [5.74, 6) is 0.218. The Kier molecular flexibility index (Phi) is 5.25. The van der Waals surface area contributed by atoms with Crippen LogP contribution in [0.25, 0.3) is 0 Å². The third kappa shape index (κ3) is 3.81. The average molecular weight is 225 g/mol. The van der Waals surface area contributed by atoms with E-state index in [9.17, 15) is 10.2 Å². The minimum absolute atomic E-state index is 0.218. The van der Waals surface area contributed by atoms with Gasteiger partial charge in [0.25, 0.3) is 0 Å². The Bertz CT molecular complexity index is 328. The van der Waals surface area contributed by atoms with Gasteiger partial charge in [-0.2, -0.15) is 0 Å². The third-order valence-electron chi connectivity index (χ3n) is 2.41. The number of aromatic hydroxyl groups is 1. The van der Waals surface area contributed by atoms with Crippen molar-refractivity contribution < 1.29 is 15.3 Å². The lowest BCUT2D eigenvalue weighted by molar-refractivity contribution is 0.0665. The molecule has 1 atom stereocenters. The first-order valence-electron chi connectivity index (χ1n) is 5.50. The first kappa shape index (κ1) is 13.0. The quantitative estimate of drug-likeness (QED) is 0.539. The fourth-order valence-corrected chi connectivity index (χ4v) is 1.58. The number of aliphatic hydroxyl groups is 2. The molecule has 0 radical (unpaired) electrons. The molecule has 0 bridgehead atoms. The summed E-state index contributed by atoms with van der Waals surface area (Å²) < 4.78 is 0. The largest absolute Gasteiger partial charge is 0.508 e. The summed E-state index contributed by atoms with van der Waals surface area (Å²) >= 11 is 0. The van der Waals surface area contributed by atoms with E-state index in [-0.39, 0.29) is 12.4 Å². The molecule has 0 aromatic heterocycles. The minimum atomic E-state index is -0.920. The average Bonchev–Trinajstić information content (AvgIpc) is 2.29. The highest BCUT2D eigenvalue weighted by atomic mass is 16.3. The zero-order valence-corrected chi connectivity index (χ0v) is 9.48. The molecule has 0 aliphatic heterocycles. The number of hydrogen-bond donors (Lipinski definition) is 4. The molecular weight excluding hydrogens is 206 g/mol. The highest BCUT2D eigenvalue weighted by Gasteiger charge is 2.05. The molecule has 16 heavy (non-hydrogen) atoms. The summed E-state index contributed by atoms with van der Waals surface area (Å²) in [5.41, 5.74) is 2.10. The number of rotatable bonds is 6. The van der Waals surface area contributed by atoms with E-state index in [4.69, 9.17) is 5.11 Å². The van der Waals surface area contributed by atoms with Gasteiger partial charge in [-0.05, 0) is 29.7 Å². The van der Waals surface area contributed by atoms with Gasteiger partial charge in [0.1, 0.15) is 12.0 Å². The van der Waals surface area contributed by atoms with Gasteiger partial charge in [0.2, 0.25) is 0 Å². The van der Waals surface area contributed by atoms with Gasteiger partial charge < -0.3 is 15.3 Å². The van der Waals surface area contributed by atoms with Gasteiger partial charge in [-0.15, -0.1) is 0 Å². The van der Waals surface area contributed by atoms with Crippen LogP contribution in [-0.2, 0) is 13.0 Å². The predicted molar refractivity (Wildman–Crippen MR) is 62.0 cm³/mol. The van der Waals surface area contributed by atoms with Gasteiger partial charge in [0.05, 0.1) is 6.61 Å². The number of nitrogens with one attached hydrogen (secondary N) is 1. The molecule has 0 fully saturated rings. The van der Waals surface area contributed by atoms with E-state index in [1.54, 1.807) is 12.1 Å². The monoisotopic (exact) mass is 225 g/mol. The minimum Gasteiger partial charge on any atom is -0.508 e. The molecule has 0 heterocycles. The van der Waals surface area contributed by atoms with Crippen LogP contribution >= 0.6 is 0 Å². The number of benzene rings is 1. The van der Waals surface area contributed by atoms with Crippen molar-refractivity contribution in [2.45, 2.75) is 32.5 Å². The molecule has 0 saturated carbocycles. The van der Waals surface area contributed by atoms with Crippen LogP contribution in [0.1, 0.15) is 24.5 Å². The first-order chi connectivity index (χ1) is 7.67. The molecule has 1 aromatic carbocycles. The zero-order valence-electron chi connectivity index (χ0n) is 9.48. The maximum atomic E-state index is 9.39. The van der Waals surface area contributed by atoms with E-state index >= 15 is 0 Å². The summed E-state index contributed by atoms with van der Waals surface area (Å²) in [5, 5.41) is 30.0. The number of phenolic OH excluding ortho intramolecular Hbond substituents is 1. The molecule has 0 aliphatic rings. The van der Waals surface area contributed by atoms with Gasteiger partial charge in [0.15, 0.2) is 0 Å². The van der Waals surface area contributed by atoms with Crippen LogP contribution in [0.4, 0.5) is 0 Å². The first-order valence-corrected chi connectivity index (χ1v) is 5.50. The maximum absolute atomic E-state index is 9.39. The summed E-state index contributed by atoms with van der Waals surface area (Å²) in [4.78, 5) is 0.